The van der Waals surface area contributed by atoms with Crippen LogP contribution in [0.5, 0.6) is 5.75 Å². The topological polar surface area (TPSA) is 92.5 Å². The van der Waals surface area contributed by atoms with E-state index in [0.29, 0.717) is 43.4 Å². The molecule has 0 bridgehead atoms. The molecule has 1 amide bonds. The van der Waals surface area contributed by atoms with Gasteiger partial charge in [-0.15, -0.1) is 0 Å². The molecule has 2 aromatic rings. The van der Waals surface area contributed by atoms with Gasteiger partial charge in [0.1, 0.15) is 35.2 Å². The van der Waals surface area contributed by atoms with Gasteiger partial charge in [-0.2, -0.15) is 0 Å². The summed E-state index contributed by atoms with van der Waals surface area (Å²) in [4.78, 5) is 29.9. The van der Waals surface area contributed by atoms with Crippen LogP contribution < -0.4 is 4.74 Å². The minimum atomic E-state index is -0.775. The number of carbonyl (C=O) groups excluding carboxylic acids is 2. The molecule has 5 rings (SSSR count). The molecular formula is C25H28N2O6. The number of likely N-dealkylation sites (tertiary alicyclic amines) is 1. The van der Waals surface area contributed by atoms with E-state index in [2.05, 4.69) is 4.90 Å². The van der Waals surface area contributed by atoms with Crippen molar-refractivity contribution in [2.24, 2.45) is 0 Å². The molecule has 33 heavy (non-hydrogen) atoms. The maximum Gasteiger partial charge on any atom is 0.295 e. The SMILES string of the molecule is Cc1ccc([C@@H]2/C(=C(\O)c3ccc4c(c3)C[C@@H](C)O4)C(=O)C(=O)N2CCN2CCOCC2)o1. The molecule has 0 unspecified atom stereocenters. The first-order chi connectivity index (χ1) is 15.9. The summed E-state index contributed by atoms with van der Waals surface area (Å²) in [6.07, 6.45) is 0.791. The second-order valence-corrected chi connectivity index (χ2v) is 8.85. The maximum atomic E-state index is 13.1. The molecule has 3 aliphatic heterocycles. The third kappa shape index (κ3) is 4.05. The number of amides is 1. The monoisotopic (exact) mass is 452 g/mol. The normalized spacial score (nSPS) is 24.8. The molecule has 8 nitrogen and oxygen atoms in total. The first kappa shape index (κ1) is 21.7. The number of aliphatic hydroxyl groups is 1. The Morgan fingerprint density at radius 2 is 1.91 bits per heavy atom. The molecule has 2 saturated heterocycles. The minimum absolute atomic E-state index is 0.0586. The van der Waals surface area contributed by atoms with Crippen LogP contribution in [0.1, 0.15) is 35.6 Å². The molecule has 8 heteroatoms. The number of carbonyl (C=O) groups is 2. The van der Waals surface area contributed by atoms with Gasteiger partial charge in [-0.1, -0.05) is 0 Å². The highest BCUT2D eigenvalue weighted by atomic mass is 16.5. The van der Waals surface area contributed by atoms with E-state index in [9.17, 15) is 14.7 Å². The molecule has 1 aromatic carbocycles. The van der Waals surface area contributed by atoms with E-state index < -0.39 is 17.7 Å². The highest BCUT2D eigenvalue weighted by molar-refractivity contribution is 6.46. The first-order valence-electron chi connectivity index (χ1n) is 11.4. The predicted octanol–water partition coefficient (Wildman–Crippen LogP) is 2.67. The van der Waals surface area contributed by atoms with Gasteiger partial charge in [0, 0.05) is 38.2 Å². The van der Waals surface area contributed by atoms with Crippen LogP contribution in [0.25, 0.3) is 5.76 Å². The van der Waals surface area contributed by atoms with Gasteiger partial charge in [0.15, 0.2) is 0 Å². The summed E-state index contributed by atoms with van der Waals surface area (Å²) in [6, 6.07) is 8.14. The fourth-order valence-electron chi connectivity index (χ4n) is 4.81. The fraction of sp³-hybridized carbons (Fsp3) is 0.440. The van der Waals surface area contributed by atoms with Crippen LogP contribution in [0.15, 0.2) is 40.3 Å². The molecule has 0 radical (unpaired) electrons. The fourth-order valence-corrected chi connectivity index (χ4v) is 4.81. The van der Waals surface area contributed by atoms with Crippen molar-refractivity contribution in [3.63, 3.8) is 0 Å². The van der Waals surface area contributed by atoms with Crippen molar-refractivity contribution in [2.75, 3.05) is 39.4 Å². The third-order valence-corrected chi connectivity index (χ3v) is 6.50. The highest BCUT2D eigenvalue weighted by Gasteiger charge is 2.47. The molecule has 0 aliphatic carbocycles. The number of ether oxygens (including phenoxy) is 2. The van der Waals surface area contributed by atoms with E-state index in [1.807, 2.05) is 19.9 Å². The van der Waals surface area contributed by atoms with Crippen molar-refractivity contribution in [3.05, 3.63) is 58.6 Å². The van der Waals surface area contributed by atoms with Crippen molar-refractivity contribution in [1.29, 1.82) is 0 Å². The summed E-state index contributed by atoms with van der Waals surface area (Å²) in [5.74, 6) is 0.410. The number of nitrogens with zero attached hydrogens (tertiary/aromatic N) is 2. The number of rotatable bonds is 5. The van der Waals surface area contributed by atoms with Crippen LogP contribution >= 0.6 is 0 Å². The smallest absolute Gasteiger partial charge is 0.295 e. The van der Waals surface area contributed by atoms with Crippen molar-refractivity contribution in [2.45, 2.75) is 32.4 Å². The van der Waals surface area contributed by atoms with E-state index >= 15 is 0 Å². The van der Waals surface area contributed by atoms with Gasteiger partial charge in [-0.25, -0.2) is 0 Å². The Hall–Kier alpha value is -3.10. The summed E-state index contributed by atoms with van der Waals surface area (Å²) in [7, 11) is 0. The Morgan fingerprint density at radius 3 is 2.64 bits per heavy atom. The average molecular weight is 453 g/mol. The number of furan rings is 1. The van der Waals surface area contributed by atoms with Crippen LogP contribution in [-0.4, -0.2) is 72.1 Å². The zero-order chi connectivity index (χ0) is 23.1. The number of aliphatic hydroxyl groups excluding tert-OH is 1. The maximum absolute atomic E-state index is 13.1. The lowest BCUT2D eigenvalue weighted by Crippen LogP contribution is -2.42. The molecule has 1 N–H and O–H groups in total. The molecule has 2 fully saturated rings. The summed E-state index contributed by atoms with van der Waals surface area (Å²) in [5, 5.41) is 11.2. The number of hydrogen-bond donors (Lipinski definition) is 1. The zero-order valence-corrected chi connectivity index (χ0v) is 18.9. The van der Waals surface area contributed by atoms with E-state index in [1.165, 1.54) is 4.90 Å². The number of morpholine rings is 1. The van der Waals surface area contributed by atoms with Crippen LogP contribution in [0.3, 0.4) is 0 Å². The summed E-state index contributed by atoms with van der Waals surface area (Å²) in [5.41, 5.74) is 1.52. The van der Waals surface area contributed by atoms with Gasteiger partial charge in [0.2, 0.25) is 0 Å². The first-order valence-corrected chi connectivity index (χ1v) is 11.4. The molecule has 1 aromatic heterocycles. The number of aryl methyl sites for hydroxylation is 1. The number of Topliss-reactive ketones (excluding diaryl/α,β-unsaturated/α-hetero) is 1. The molecule has 0 saturated carbocycles. The van der Waals surface area contributed by atoms with Gasteiger partial charge in [-0.05, 0) is 49.7 Å². The van der Waals surface area contributed by atoms with Crippen molar-refractivity contribution in [3.8, 4) is 5.75 Å². The van der Waals surface area contributed by atoms with Crippen LogP contribution in [-0.2, 0) is 20.7 Å². The number of ketones is 1. The van der Waals surface area contributed by atoms with Crippen molar-refractivity contribution in [1.82, 2.24) is 9.80 Å². The lowest BCUT2D eigenvalue weighted by atomic mass is 9.97. The lowest BCUT2D eigenvalue weighted by molar-refractivity contribution is -0.140. The van der Waals surface area contributed by atoms with Crippen molar-refractivity contribution < 1.29 is 28.6 Å². The standard InChI is InChI=1S/C25H28N2O6/c1-15-3-5-20(32-15)22-21(23(28)17-4-6-19-18(14-17)13-16(2)33-19)24(29)25(30)27(22)8-7-26-9-11-31-12-10-26/h3-6,14,16,22,28H,7-13H2,1-2H3/b23-21+/t16-,22-/m1/s1. The van der Waals surface area contributed by atoms with Gasteiger partial charge in [0.05, 0.1) is 18.8 Å². The van der Waals surface area contributed by atoms with E-state index in [1.54, 1.807) is 24.3 Å². The largest absolute Gasteiger partial charge is 0.507 e. The molecule has 174 valence electrons. The van der Waals surface area contributed by atoms with Gasteiger partial charge >= 0.3 is 0 Å². The Balaban J connectivity index is 1.51. The third-order valence-electron chi connectivity index (χ3n) is 6.50. The summed E-state index contributed by atoms with van der Waals surface area (Å²) in [6.45, 7) is 7.63. The van der Waals surface area contributed by atoms with Crippen LogP contribution in [0.4, 0.5) is 0 Å². The van der Waals surface area contributed by atoms with E-state index in [0.717, 1.165) is 30.8 Å². The Bertz CT molecular complexity index is 1110. The van der Waals surface area contributed by atoms with Crippen LogP contribution in [0, 0.1) is 6.92 Å². The number of benzene rings is 1. The molecule has 2 atom stereocenters. The van der Waals surface area contributed by atoms with Crippen LogP contribution in [0.2, 0.25) is 0 Å². The molecule has 4 heterocycles. The van der Waals surface area contributed by atoms with Crippen molar-refractivity contribution >= 4 is 17.4 Å². The van der Waals surface area contributed by atoms with Gasteiger partial charge < -0.3 is 23.9 Å². The minimum Gasteiger partial charge on any atom is -0.507 e. The molecule has 3 aliphatic rings. The van der Waals surface area contributed by atoms with Gasteiger partial charge in [0.25, 0.3) is 11.7 Å². The number of hydrogen-bond acceptors (Lipinski definition) is 7. The Labute approximate surface area is 192 Å². The summed E-state index contributed by atoms with van der Waals surface area (Å²) < 4.78 is 17.0. The Morgan fingerprint density at radius 1 is 1.12 bits per heavy atom. The Kier molecular flexibility index (Phi) is 5.72. The second-order valence-electron chi connectivity index (χ2n) is 8.85. The van der Waals surface area contributed by atoms with Gasteiger partial charge in [-0.3, -0.25) is 14.5 Å². The zero-order valence-electron chi connectivity index (χ0n) is 18.9. The molecular weight excluding hydrogens is 424 g/mol. The van der Waals surface area contributed by atoms with E-state index in [-0.39, 0.29) is 17.4 Å². The average Bonchev–Trinajstić information content (AvgIpc) is 3.47. The highest BCUT2D eigenvalue weighted by Crippen LogP contribution is 2.41. The number of fused-ring (bicyclic) bond motifs is 1. The van der Waals surface area contributed by atoms with E-state index in [4.69, 9.17) is 13.9 Å². The lowest BCUT2D eigenvalue weighted by Gasteiger charge is -2.30. The molecule has 0 spiro atoms. The predicted molar refractivity (Wildman–Crippen MR) is 120 cm³/mol. The second kappa shape index (κ2) is 8.68. The summed E-state index contributed by atoms with van der Waals surface area (Å²) >= 11 is 0. The quantitative estimate of drug-likeness (QED) is 0.424.